The van der Waals surface area contributed by atoms with Crippen molar-refractivity contribution in [3.05, 3.63) is 29.6 Å². The second-order valence-electron chi connectivity index (χ2n) is 2.43. The van der Waals surface area contributed by atoms with Crippen molar-refractivity contribution >= 4 is 34.0 Å². The van der Waals surface area contributed by atoms with Crippen LogP contribution in [0.1, 0.15) is 10.4 Å². The molecule has 1 aromatic rings. The molecule has 0 bridgehead atoms. The van der Waals surface area contributed by atoms with Gasteiger partial charge in [0.1, 0.15) is 12.1 Å². The van der Waals surface area contributed by atoms with E-state index in [1.54, 1.807) is 12.1 Å². The molecule has 4 heteroatoms. The summed E-state index contributed by atoms with van der Waals surface area (Å²) in [6.07, 6.45) is 2.54. The Morgan fingerprint density at radius 1 is 1.62 bits per heavy atom. The fourth-order valence-corrected chi connectivity index (χ4v) is 1.68. The van der Waals surface area contributed by atoms with Crippen LogP contribution in [0.3, 0.4) is 0 Å². The van der Waals surface area contributed by atoms with Crippen molar-refractivity contribution in [2.45, 2.75) is 9.72 Å². The third-order valence-corrected chi connectivity index (χ3v) is 3.13. The second kappa shape index (κ2) is 4.77. The molecule has 1 aromatic carbocycles. The molecule has 0 amide bonds. The molecule has 0 N–H and O–H groups in total. The molecule has 0 aliphatic rings. The van der Waals surface area contributed by atoms with E-state index in [1.807, 2.05) is 6.26 Å². The summed E-state index contributed by atoms with van der Waals surface area (Å²) in [5, 5.41) is 0. The van der Waals surface area contributed by atoms with Gasteiger partial charge in [-0.25, -0.2) is 4.39 Å². The van der Waals surface area contributed by atoms with Crippen molar-refractivity contribution in [1.29, 1.82) is 0 Å². The predicted molar refractivity (Wildman–Crippen MR) is 55.9 cm³/mol. The van der Waals surface area contributed by atoms with Gasteiger partial charge in [-0.3, -0.25) is 0 Å². The molecule has 1 atom stereocenters. The zero-order chi connectivity index (χ0) is 9.84. The van der Waals surface area contributed by atoms with Crippen molar-refractivity contribution in [2.24, 2.45) is 0 Å². The first-order valence-corrected chi connectivity index (χ1v) is 5.76. The minimum atomic E-state index is -0.419. The van der Waals surface area contributed by atoms with Crippen molar-refractivity contribution < 1.29 is 9.18 Å². The van der Waals surface area contributed by atoms with Gasteiger partial charge in [-0.1, -0.05) is 22.0 Å². The number of hydrogen-bond acceptors (Lipinski definition) is 2. The van der Waals surface area contributed by atoms with Gasteiger partial charge in [0.2, 0.25) is 0 Å². The molecule has 0 saturated heterocycles. The third-order valence-electron chi connectivity index (χ3n) is 1.61. The maximum absolute atomic E-state index is 13.2. The molecule has 0 aliphatic heterocycles. The normalized spacial score (nSPS) is 12.5. The fourth-order valence-electron chi connectivity index (χ4n) is 0.933. The van der Waals surface area contributed by atoms with Gasteiger partial charge in [-0.05, 0) is 24.0 Å². The quantitative estimate of drug-likeness (QED) is 0.473. The molecule has 0 heterocycles. The summed E-state index contributed by atoms with van der Waals surface area (Å²) in [5.74, 6) is -0.281. The molecule has 0 radical (unpaired) electrons. The summed E-state index contributed by atoms with van der Waals surface area (Å²) in [7, 11) is 0. The van der Waals surface area contributed by atoms with Crippen molar-refractivity contribution in [1.82, 2.24) is 0 Å². The van der Waals surface area contributed by atoms with Crippen LogP contribution in [0.25, 0.3) is 0 Å². The maximum atomic E-state index is 13.2. The highest BCUT2D eigenvalue weighted by molar-refractivity contribution is 9.09. The first-order valence-electron chi connectivity index (χ1n) is 3.62. The molecule has 1 unspecified atom stereocenters. The van der Waals surface area contributed by atoms with E-state index in [1.165, 1.54) is 17.8 Å². The fraction of sp³-hybridized carbons (Fsp3) is 0.222. The topological polar surface area (TPSA) is 17.1 Å². The molecule has 0 spiro atoms. The van der Waals surface area contributed by atoms with Gasteiger partial charge in [0.15, 0.2) is 0 Å². The summed E-state index contributed by atoms with van der Waals surface area (Å²) in [4.78, 5) is 10.6. The van der Waals surface area contributed by atoms with Gasteiger partial charge in [-0.15, -0.1) is 11.8 Å². The Bertz CT molecular complexity index is 316. The number of alkyl halides is 1. The smallest absolute Gasteiger partial charge is 0.138 e. The van der Waals surface area contributed by atoms with Gasteiger partial charge in [0.05, 0.1) is 4.83 Å². The number of benzene rings is 1. The Hall–Kier alpha value is -0.350. The van der Waals surface area contributed by atoms with E-state index in [0.29, 0.717) is 10.5 Å². The van der Waals surface area contributed by atoms with E-state index in [2.05, 4.69) is 15.9 Å². The minimum Gasteiger partial charge on any atom is -0.302 e. The molecule has 0 saturated carbocycles. The summed E-state index contributed by atoms with van der Waals surface area (Å²) in [6, 6.07) is 4.79. The van der Waals surface area contributed by atoms with Crippen molar-refractivity contribution in [2.75, 3.05) is 6.26 Å². The Labute approximate surface area is 88.8 Å². The van der Waals surface area contributed by atoms with E-state index < -0.39 is 4.83 Å². The van der Waals surface area contributed by atoms with Gasteiger partial charge in [-0.2, -0.15) is 0 Å². The molecule has 13 heavy (non-hydrogen) atoms. The van der Waals surface area contributed by atoms with E-state index in [-0.39, 0.29) is 5.82 Å². The first-order chi connectivity index (χ1) is 6.19. The molecule has 70 valence electrons. The molecular formula is C9H8BrFOS. The number of carbonyl (C=O) groups excluding carboxylic acids is 1. The number of rotatable bonds is 3. The van der Waals surface area contributed by atoms with Gasteiger partial charge >= 0.3 is 0 Å². The van der Waals surface area contributed by atoms with Crippen LogP contribution < -0.4 is 0 Å². The summed E-state index contributed by atoms with van der Waals surface area (Å²) in [6.45, 7) is 0. The lowest BCUT2D eigenvalue weighted by molar-refractivity contribution is -0.107. The van der Waals surface area contributed by atoms with Gasteiger partial charge in [0, 0.05) is 4.90 Å². The van der Waals surface area contributed by atoms with Crippen LogP contribution in [0.2, 0.25) is 0 Å². The van der Waals surface area contributed by atoms with E-state index in [4.69, 9.17) is 0 Å². The number of halogens is 2. The van der Waals surface area contributed by atoms with Crippen molar-refractivity contribution in [3.63, 3.8) is 0 Å². The molecule has 0 aliphatic carbocycles. The van der Waals surface area contributed by atoms with Crippen LogP contribution in [0.5, 0.6) is 0 Å². The Morgan fingerprint density at radius 2 is 2.31 bits per heavy atom. The average Bonchev–Trinajstić information content (AvgIpc) is 2.16. The lowest BCUT2D eigenvalue weighted by Gasteiger charge is -2.04. The minimum absolute atomic E-state index is 0.281. The molecule has 0 aromatic heterocycles. The van der Waals surface area contributed by atoms with Gasteiger partial charge in [0.25, 0.3) is 0 Å². The molecule has 0 fully saturated rings. The predicted octanol–water partition coefficient (Wildman–Crippen LogP) is 3.18. The first kappa shape index (κ1) is 10.7. The van der Waals surface area contributed by atoms with E-state index >= 15 is 0 Å². The van der Waals surface area contributed by atoms with Crippen LogP contribution in [-0.2, 0) is 4.79 Å². The summed E-state index contributed by atoms with van der Waals surface area (Å²) in [5.41, 5.74) is 0.644. The molecule has 1 nitrogen and oxygen atoms in total. The zero-order valence-electron chi connectivity index (χ0n) is 6.96. The SMILES string of the molecule is CSc1ccc(C(Br)C=O)cc1F. The van der Waals surface area contributed by atoms with Crippen LogP contribution in [-0.4, -0.2) is 12.5 Å². The average molecular weight is 263 g/mol. The van der Waals surface area contributed by atoms with Crippen LogP contribution >= 0.6 is 27.7 Å². The highest BCUT2D eigenvalue weighted by Crippen LogP contribution is 2.25. The second-order valence-corrected chi connectivity index (χ2v) is 4.27. The van der Waals surface area contributed by atoms with Crippen LogP contribution in [0, 0.1) is 5.82 Å². The number of carbonyl (C=O) groups is 1. The summed E-state index contributed by atoms with van der Waals surface area (Å²) < 4.78 is 13.2. The van der Waals surface area contributed by atoms with E-state index in [9.17, 15) is 9.18 Å². The lowest BCUT2D eigenvalue weighted by atomic mass is 10.2. The molecular weight excluding hydrogens is 255 g/mol. The highest BCUT2D eigenvalue weighted by Gasteiger charge is 2.08. The number of aldehydes is 1. The maximum Gasteiger partial charge on any atom is 0.138 e. The van der Waals surface area contributed by atoms with Crippen LogP contribution in [0.4, 0.5) is 4.39 Å². The Balaban J connectivity index is 3.02. The monoisotopic (exact) mass is 262 g/mol. The highest BCUT2D eigenvalue weighted by atomic mass is 79.9. The molecule has 1 rings (SSSR count). The number of hydrogen-bond donors (Lipinski definition) is 0. The van der Waals surface area contributed by atoms with Crippen molar-refractivity contribution in [3.8, 4) is 0 Å². The van der Waals surface area contributed by atoms with E-state index in [0.717, 1.165) is 6.29 Å². The number of thioether (sulfide) groups is 1. The van der Waals surface area contributed by atoms with Gasteiger partial charge < -0.3 is 4.79 Å². The Kier molecular flexibility index (Phi) is 3.93. The lowest BCUT2D eigenvalue weighted by Crippen LogP contribution is -1.92. The third kappa shape index (κ3) is 2.54. The van der Waals surface area contributed by atoms with Crippen LogP contribution in [0.15, 0.2) is 23.1 Å². The summed E-state index contributed by atoms with van der Waals surface area (Å²) >= 11 is 4.47. The Morgan fingerprint density at radius 3 is 2.77 bits per heavy atom. The largest absolute Gasteiger partial charge is 0.302 e. The zero-order valence-corrected chi connectivity index (χ0v) is 9.36. The standard InChI is InChI=1S/C9H8BrFOS/c1-13-9-3-2-6(4-8(9)11)7(10)5-12/h2-5,7H,1H3.